The monoisotopic (exact) mass is 233 g/mol. The molecular formula is C13H15NO3. The van der Waals surface area contributed by atoms with Crippen LogP contribution in [0.15, 0.2) is 24.3 Å². The molecule has 17 heavy (non-hydrogen) atoms. The molecule has 1 saturated carbocycles. The number of ether oxygens (including phenoxy) is 1. The Hall–Kier alpha value is -1.84. The molecule has 90 valence electrons. The minimum Gasteiger partial charge on any atom is -0.465 e. The summed E-state index contributed by atoms with van der Waals surface area (Å²) in [5, 5.41) is 2.95. The summed E-state index contributed by atoms with van der Waals surface area (Å²) in [6.07, 6.45) is 1.90. The third-order valence-electron chi connectivity index (χ3n) is 3.02. The van der Waals surface area contributed by atoms with Gasteiger partial charge < -0.3 is 10.1 Å². The predicted octanol–water partition coefficient (Wildman–Crippen LogP) is 1.60. The maximum atomic E-state index is 11.3. The van der Waals surface area contributed by atoms with E-state index in [-0.39, 0.29) is 17.4 Å². The number of carbonyl (C=O) groups excluding carboxylic acids is 2. The SMILES string of the molecule is COC(=O)c1ccc(C2(NC(C)=O)CC2)cc1. The van der Waals surface area contributed by atoms with E-state index >= 15 is 0 Å². The van der Waals surface area contributed by atoms with Gasteiger partial charge in [-0.15, -0.1) is 0 Å². The number of esters is 1. The molecule has 0 aromatic heterocycles. The van der Waals surface area contributed by atoms with Crippen LogP contribution in [-0.4, -0.2) is 19.0 Å². The summed E-state index contributed by atoms with van der Waals surface area (Å²) >= 11 is 0. The quantitative estimate of drug-likeness (QED) is 0.807. The summed E-state index contributed by atoms with van der Waals surface area (Å²) in [6.45, 7) is 1.52. The van der Waals surface area contributed by atoms with Crippen molar-refractivity contribution in [2.45, 2.75) is 25.3 Å². The van der Waals surface area contributed by atoms with Crippen molar-refractivity contribution in [1.82, 2.24) is 5.32 Å². The van der Waals surface area contributed by atoms with Gasteiger partial charge in [0.15, 0.2) is 0 Å². The normalized spacial score (nSPS) is 16.1. The molecular weight excluding hydrogens is 218 g/mol. The second-order valence-electron chi connectivity index (χ2n) is 4.33. The lowest BCUT2D eigenvalue weighted by Gasteiger charge is -2.16. The van der Waals surface area contributed by atoms with Crippen LogP contribution < -0.4 is 5.32 Å². The van der Waals surface area contributed by atoms with Crippen molar-refractivity contribution in [3.05, 3.63) is 35.4 Å². The largest absolute Gasteiger partial charge is 0.465 e. The van der Waals surface area contributed by atoms with Gasteiger partial charge in [0.25, 0.3) is 0 Å². The number of amides is 1. The third-order valence-corrected chi connectivity index (χ3v) is 3.02. The average Bonchev–Trinajstić information content (AvgIpc) is 3.08. The van der Waals surface area contributed by atoms with Crippen molar-refractivity contribution in [2.75, 3.05) is 7.11 Å². The predicted molar refractivity (Wildman–Crippen MR) is 62.5 cm³/mol. The maximum absolute atomic E-state index is 11.3. The number of hydrogen-bond donors (Lipinski definition) is 1. The standard InChI is InChI=1S/C13H15NO3/c1-9(15)14-13(7-8-13)11-5-3-10(4-6-11)12(16)17-2/h3-6H,7-8H2,1-2H3,(H,14,15). The average molecular weight is 233 g/mol. The fourth-order valence-corrected chi connectivity index (χ4v) is 1.99. The number of rotatable bonds is 3. The summed E-state index contributed by atoms with van der Waals surface area (Å²) in [5.74, 6) is -0.375. The third kappa shape index (κ3) is 2.30. The Morgan fingerprint density at radius 3 is 2.24 bits per heavy atom. The number of methoxy groups -OCH3 is 1. The zero-order valence-electron chi connectivity index (χ0n) is 9.95. The van der Waals surface area contributed by atoms with Crippen LogP contribution in [0.4, 0.5) is 0 Å². The van der Waals surface area contributed by atoms with E-state index in [0.717, 1.165) is 18.4 Å². The lowest BCUT2D eigenvalue weighted by atomic mass is 10.0. The Morgan fingerprint density at radius 1 is 1.24 bits per heavy atom. The Bertz CT molecular complexity index is 446. The molecule has 1 aliphatic rings. The van der Waals surface area contributed by atoms with Gasteiger partial charge in [0.05, 0.1) is 18.2 Å². The van der Waals surface area contributed by atoms with E-state index in [1.165, 1.54) is 14.0 Å². The van der Waals surface area contributed by atoms with E-state index in [1.54, 1.807) is 12.1 Å². The van der Waals surface area contributed by atoms with Gasteiger partial charge in [-0.1, -0.05) is 12.1 Å². The first-order valence-corrected chi connectivity index (χ1v) is 5.55. The molecule has 1 amide bonds. The number of benzene rings is 1. The molecule has 1 aromatic rings. The van der Waals surface area contributed by atoms with E-state index in [9.17, 15) is 9.59 Å². The van der Waals surface area contributed by atoms with Crippen LogP contribution in [0.3, 0.4) is 0 Å². The highest BCUT2D eigenvalue weighted by atomic mass is 16.5. The first-order chi connectivity index (χ1) is 8.07. The van der Waals surface area contributed by atoms with E-state index in [4.69, 9.17) is 0 Å². The van der Waals surface area contributed by atoms with Gasteiger partial charge in [0, 0.05) is 6.92 Å². The second-order valence-corrected chi connectivity index (χ2v) is 4.33. The van der Waals surface area contributed by atoms with Crippen LogP contribution in [0.2, 0.25) is 0 Å². The Morgan fingerprint density at radius 2 is 1.82 bits per heavy atom. The molecule has 0 saturated heterocycles. The van der Waals surface area contributed by atoms with E-state index in [2.05, 4.69) is 10.1 Å². The summed E-state index contributed by atoms with van der Waals surface area (Å²) in [4.78, 5) is 22.4. The highest BCUT2D eigenvalue weighted by molar-refractivity contribution is 5.89. The minimum atomic E-state index is -0.346. The first kappa shape index (κ1) is 11.6. The minimum absolute atomic E-state index is 0.0282. The van der Waals surface area contributed by atoms with Gasteiger partial charge in [0.1, 0.15) is 0 Å². The van der Waals surface area contributed by atoms with Crippen molar-refractivity contribution >= 4 is 11.9 Å². The summed E-state index contributed by atoms with van der Waals surface area (Å²) in [7, 11) is 1.36. The lowest BCUT2D eigenvalue weighted by Crippen LogP contribution is -2.32. The number of hydrogen-bond acceptors (Lipinski definition) is 3. The molecule has 4 heteroatoms. The van der Waals surface area contributed by atoms with Crippen LogP contribution in [0.5, 0.6) is 0 Å². The fraction of sp³-hybridized carbons (Fsp3) is 0.385. The van der Waals surface area contributed by atoms with Crippen LogP contribution >= 0.6 is 0 Å². The highest BCUT2D eigenvalue weighted by Crippen LogP contribution is 2.45. The molecule has 0 bridgehead atoms. The Kier molecular flexibility index (Phi) is 2.88. The van der Waals surface area contributed by atoms with Crippen molar-refractivity contribution in [2.24, 2.45) is 0 Å². The lowest BCUT2D eigenvalue weighted by molar-refractivity contribution is -0.120. The van der Waals surface area contributed by atoms with Crippen molar-refractivity contribution in [1.29, 1.82) is 0 Å². The van der Waals surface area contributed by atoms with Gasteiger partial charge in [-0.05, 0) is 30.5 Å². The number of carbonyl (C=O) groups is 2. The van der Waals surface area contributed by atoms with E-state index in [0.29, 0.717) is 5.56 Å². The molecule has 1 fully saturated rings. The van der Waals surface area contributed by atoms with Gasteiger partial charge in [-0.25, -0.2) is 4.79 Å². The molecule has 1 N–H and O–H groups in total. The summed E-state index contributed by atoms with van der Waals surface area (Å²) in [6, 6.07) is 7.19. The molecule has 2 rings (SSSR count). The van der Waals surface area contributed by atoms with Gasteiger partial charge >= 0.3 is 5.97 Å². The zero-order chi connectivity index (χ0) is 12.5. The van der Waals surface area contributed by atoms with Gasteiger partial charge in [-0.3, -0.25) is 4.79 Å². The zero-order valence-corrected chi connectivity index (χ0v) is 9.95. The van der Waals surface area contributed by atoms with Gasteiger partial charge in [-0.2, -0.15) is 0 Å². The molecule has 0 atom stereocenters. The van der Waals surface area contributed by atoms with Crippen LogP contribution in [0.25, 0.3) is 0 Å². The van der Waals surface area contributed by atoms with E-state index in [1.807, 2.05) is 12.1 Å². The van der Waals surface area contributed by atoms with Crippen LogP contribution in [-0.2, 0) is 15.1 Å². The molecule has 0 aliphatic heterocycles. The molecule has 1 aromatic carbocycles. The summed E-state index contributed by atoms with van der Waals surface area (Å²) in [5.41, 5.74) is 1.36. The topological polar surface area (TPSA) is 55.4 Å². The second kappa shape index (κ2) is 4.20. The Labute approximate surface area is 100.0 Å². The van der Waals surface area contributed by atoms with Crippen molar-refractivity contribution < 1.29 is 14.3 Å². The highest BCUT2D eigenvalue weighted by Gasteiger charge is 2.44. The molecule has 4 nitrogen and oxygen atoms in total. The maximum Gasteiger partial charge on any atom is 0.337 e. The van der Waals surface area contributed by atoms with Crippen LogP contribution in [0, 0.1) is 0 Å². The molecule has 0 radical (unpaired) electrons. The Balaban J connectivity index is 2.18. The fourth-order valence-electron chi connectivity index (χ4n) is 1.99. The van der Waals surface area contributed by atoms with Crippen LogP contribution in [0.1, 0.15) is 35.7 Å². The van der Waals surface area contributed by atoms with Crippen molar-refractivity contribution in [3.8, 4) is 0 Å². The number of nitrogens with one attached hydrogen (secondary N) is 1. The summed E-state index contributed by atoms with van der Waals surface area (Å²) < 4.78 is 4.63. The molecule has 1 aliphatic carbocycles. The molecule has 0 heterocycles. The van der Waals surface area contributed by atoms with Crippen molar-refractivity contribution in [3.63, 3.8) is 0 Å². The van der Waals surface area contributed by atoms with Gasteiger partial charge in [0.2, 0.25) is 5.91 Å². The van der Waals surface area contributed by atoms with E-state index < -0.39 is 0 Å². The smallest absolute Gasteiger partial charge is 0.337 e. The molecule has 0 unspecified atom stereocenters. The first-order valence-electron chi connectivity index (χ1n) is 5.55. The molecule has 0 spiro atoms.